The zero-order valence-corrected chi connectivity index (χ0v) is 11.0. The van der Waals surface area contributed by atoms with Crippen molar-refractivity contribution in [1.29, 1.82) is 0 Å². The lowest BCUT2D eigenvalue weighted by atomic mass is 9.93. The highest BCUT2D eigenvalue weighted by atomic mass is 35.5. The van der Waals surface area contributed by atoms with Crippen LogP contribution in [-0.2, 0) is 0 Å². The summed E-state index contributed by atoms with van der Waals surface area (Å²) in [5.41, 5.74) is 1.87. The predicted molar refractivity (Wildman–Crippen MR) is 75.3 cm³/mol. The van der Waals surface area contributed by atoms with Gasteiger partial charge in [0.15, 0.2) is 5.78 Å². The molecule has 2 aromatic rings. The van der Waals surface area contributed by atoms with E-state index in [4.69, 9.17) is 11.6 Å². The Bertz CT molecular complexity index is 534. The van der Waals surface area contributed by atoms with Crippen molar-refractivity contribution < 1.29 is 4.79 Å². The van der Waals surface area contributed by atoms with Crippen molar-refractivity contribution in [2.75, 3.05) is 0 Å². The van der Waals surface area contributed by atoms with Crippen molar-refractivity contribution in [3.63, 3.8) is 0 Å². The number of Topliss-reactive ketones (excluding diaryl/α,β-unsaturated/α-hetero) is 1. The van der Waals surface area contributed by atoms with Crippen molar-refractivity contribution in [2.24, 2.45) is 0 Å². The van der Waals surface area contributed by atoms with Crippen molar-refractivity contribution in [3.8, 4) is 0 Å². The molecule has 0 saturated heterocycles. The van der Waals surface area contributed by atoms with Crippen LogP contribution in [-0.4, -0.2) is 5.78 Å². The lowest BCUT2D eigenvalue weighted by Gasteiger charge is -2.11. The molecule has 2 rings (SSSR count). The molecule has 0 radical (unpaired) electrons. The molecule has 0 fully saturated rings. The molecule has 0 aromatic heterocycles. The van der Waals surface area contributed by atoms with Gasteiger partial charge in [0.05, 0.1) is 0 Å². The van der Waals surface area contributed by atoms with Crippen molar-refractivity contribution in [3.05, 3.63) is 70.7 Å². The molecule has 1 nitrogen and oxygen atoms in total. The van der Waals surface area contributed by atoms with Crippen LogP contribution in [0.3, 0.4) is 0 Å². The minimum atomic E-state index is 0.170. The highest BCUT2D eigenvalue weighted by molar-refractivity contribution is 6.30. The molecule has 92 valence electrons. The van der Waals surface area contributed by atoms with Gasteiger partial charge in [0.2, 0.25) is 0 Å². The number of halogens is 1. The maximum atomic E-state index is 12.1. The number of hydrogen-bond donors (Lipinski definition) is 0. The lowest BCUT2D eigenvalue weighted by molar-refractivity contribution is 0.0975. The van der Waals surface area contributed by atoms with Crippen LogP contribution in [0.25, 0.3) is 0 Å². The molecule has 0 spiro atoms. The fraction of sp³-hybridized carbons (Fsp3) is 0.188. The predicted octanol–water partition coefficient (Wildman–Crippen LogP) is 4.72. The molecule has 0 amide bonds. The molecule has 0 aliphatic heterocycles. The largest absolute Gasteiger partial charge is 0.294 e. The minimum absolute atomic E-state index is 0.170. The van der Waals surface area contributed by atoms with Crippen LogP contribution >= 0.6 is 11.6 Å². The molecule has 0 unspecified atom stereocenters. The van der Waals surface area contributed by atoms with Crippen LogP contribution in [0.15, 0.2) is 54.6 Å². The zero-order chi connectivity index (χ0) is 13.0. The summed E-state index contributed by atoms with van der Waals surface area (Å²) in [6.45, 7) is 2.05. The van der Waals surface area contributed by atoms with Crippen LogP contribution in [0, 0.1) is 0 Å². The minimum Gasteiger partial charge on any atom is -0.294 e. The summed E-state index contributed by atoms with van der Waals surface area (Å²) in [5, 5.41) is 0.714. The molecule has 0 aliphatic rings. The Morgan fingerprint density at radius 1 is 1.11 bits per heavy atom. The second kappa shape index (κ2) is 5.83. The second-order valence-corrected chi connectivity index (χ2v) is 4.89. The Hall–Kier alpha value is -1.60. The van der Waals surface area contributed by atoms with Crippen LogP contribution < -0.4 is 0 Å². The van der Waals surface area contributed by atoms with Gasteiger partial charge in [-0.25, -0.2) is 0 Å². The highest BCUT2D eigenvalue weighted by Crippen LogP contribution is 2.23. The molecule has 2 heteroatoms. The number of rotatable bonds is 4. The van der Waals surface area contributed by atoms with Crippen molar-refractivity contribution >= 4 is 17.4 Å². The summed E-state index contributed by atoms with van der Waals surface area (Å²) in [6, 6.07) is 17.1. The van der Waals surface area contributed by atoms with Gasteiger partial charge in [0.1, 0.15) is 0 Å². The molecule has 1 atom stereocenters. The quantitative estimate of drug-likeness (QED) is 0.726. The normalized spacial score (nSPS) is 12.1. The summed E-state index contributed by atoms with van der Waals surface area (Å²) >= 11 is 5.96. The van der Waals surface area contributed by atoms with Gasteiger partial charge in [0.25, 0.3) is 0 Å². The molecule has 0 N–H and O–H groups in total. The van der Waals surface area contributed by atoms with Crippen molar-refractivity contribution in [2.45, 2.75) is 19.3 Å². The van der Waals surface area contributed by atoms with Crippen LogP contribution in [0.1, 0.15) is 35.2 Å². The first-order valence-electron chi connectivity index (χ1n) is 6.00. The fourth-order valence-corrected chi connectivity index (χ4v) is 2.15. The van der Waals surface area contributed by atoms with Gasteiger partial charge >= 0.3 is 0 Å². The smallest absolute Gasteiger partial charge is 0.163 e. The average molecular weight is 259 g/mol. The van der Waals surface area contributed by atoms with E-state index in [9.17, 15) is 4.79 Å². The summed E-state index contributed by atoms with van der Waals surface area (Å²) < 4.78 is 0. The van der Waals surface area contributed by atoms with Gasteiger partial charge < -0.3 is 0 Å². The number of carbonyl (C=O) groups excluding carboxylic acids is 1. The molecule has 0 saturated carbocycles. The first kappa shape index (κ1) is 12.8. The number of ketones is 1. The van der Waals surface area contributed by atoms with E-state index in [1.54, 1.807) is 0 Å². The van der Waals surface area contributed by atoms with E-state index in [-0.39, 0.29) is 11.7 Å². The van der Waals surface area contributed by atoms with E-state index >= 15 is 0 Å². The lowest BCUT2D eigenvalue weighted by Crippen LogP contribution is -2.04. The number of benzene rings is 2. The Labute approximate surface area is 112 Å². The Morgan fingerprint density at radius 3 is 2.50 bits per heavy atom. The number of carbonyl (C=O) groups is 1. The first-order valence-corrected chi connectivity index (χ1v) is 6.38. The van der Waals surface area contributed by atoms with E-state index in [2.05, 4.69) is 0 Å². The Kier molecular flexibility index (Phi) is 4.16. The third-order valence-electron chi connectivity index (χ3n) is 3.01. The van der Waals surface area contributed by atoms with E-state index in [0.717, 1.165) is 11.1 Å². The third kappa shape index (κ3) is 3.21. The topological polar surface area (TPSA) is 17.1 Å². The monoisotopic (exact) mass is 258 g/mol. The fourth-order valence-electron chi connectivity index (χ4n) is 1.95. The molecule has 0 aliphatic carbocycles. The highest BCUT2D eigenvalue weighted by Gasteiger charge is 2.12. The standard InChI is InChI=1S/C16H15ClO/c1-12(14-8-5-9-15(17)11-14)10-16(18)13-6-3-2-4-7-13/h2-9,11-12H,10H2,1H3/t12-/m1/s1. The van der Waals surface area contributed by atoms with Crippen molar-refractivity contribution in [1.82, 2.24) is 0 Å². The third-order valence-corrected chi connectivity index (χ3v) is 3.24. The van der Waals surface area contributed by atoms with Gasteiger partial charge in [0, 0.05) is 17.0 Å². The first-order chi connectivity index (χ1) is 8.66. The summed E-state index contributed by atoms with van der Waals surface area (Å²) in [6.07, 6.45) is 0.504. The summed E-state index contributed by atoms with van der Waals surface area (Å²) in [7, 11) is 0. The van der Waals surface area contributed by atoms with E-state index < -0.39 is 0 Å². The molecule has 2 aromatic carbocycles. The molecular formula is C16H15ClO. The Balaban J connectivity index is 2.08. The molecular weight excluding hydrogens is 244 g/mol. The zero-order valence-electron chi connectivity index (χ0n) is 10.3. The van der Waals surface area contributed by atoms with Crippen LogP contribution in [0.4, 0.5) is 0 Å². The molecule has 0 bridgehead atoms. The van der Waals surface area contributed by atoms with Crippen LogP contribution in [0.5, 0.6) is 0 Å². The number of hydrogen-bond acceptors (Lipinski definition) is 1. The second-order valence-electron chi connectivity index (χ2n) is 4.45. The average Bonchev–Trinajstić information content (AvgIpc) is 2.39. The van der Waals surface area contributed by atoms with E-state index in [0.29, 0.717) is 11.4 Å². The van der Waals surface area contributed by atoms with Gasteiger partial charge in [-0.1, -0.05) is 61.0 Å². The SMILES string of the molecule is C[C@H](CC(=O)c1ccccc1)c1cccc(Cl)c1. The summed E-state index contributed by atoms with van der Waals surface area (Å²) in [4.78, 5) is 12.1. The van der Waals surface area contributed by atoms with Gasteiger partial charge in [-0.15, -0.1) is 0 Å². The maximum absolute atomic E-state index is 12.1. The van der Waals surface area contributed by atoms with Gasteiger partial charge in [-0.2, -0.15) is 0 Å². The Morgan fingerprint density at radius 2 is 1.83 bits per heavy atom. The maximum Gasteiger partial charge on any atom is 0.163 e. The van der Waals surface area contributed by atoms with E-state index in [1.807, 2.05) is 61.5 Å². The van der Waals surface area contributed by atoms with Gasteiger partial charge in [-0.05, 0) is 23.6 Å². The summed E-state index contributed by atoms with van der Waals surface area (Å²) in [5.74, 6) is 0.347. The van der Waals surface area contributed by atoms with Gasteiger partial charge in [-0.3, -0.25) is 4.79 Å². The van der Waals surface area contributed by atoms with E-state index in [1.165, 1.54) is 0 Å². The molecule has 18 heavy (non-hydrogen) atoms. The molecule has 0 heterocycles. The van der Waals surface area contributed by atoms with Crippen LogP contribution in [0.2, 0.25) is 5.02 Å².